The van der Waals surface area contributed by atoms with E-state index in [-0.39, 0.29) is 5.97 Å². The summed E-state index contributed by atoms with van der Waals surface area (Å²) in [7, 11) is 0. The normalized spacial score (nSPS) is 9.75. The third-order valence-corrected chi connectivity index (χ3v) is 3.02. The van der Waals surface area contributed by atoms with E-state index in [1.165, 1.54) is 0 Å². The van der Waals surface area contributed by atoms with Gasteiger partial charge in [0.05, 0.1) is 6.61 Å². The smallest absolute Gasteiger partial charge is 0.355 e. The van der Waals surface area contributed by atoms with E-state index in [9.17, 15) is 4.79 Å². The minimum atomic E-state index is -0.333. The Morgan fingerprint density at radius 2 is 1.90 bits per heavy atom. The summed E-state index contributed by atoms with van der Waals surface area (Å²) in [4.78, 5) is 14.9. The van der Waals surface area contributed by atoms with Crippen LogP contribution in [0.25, 0.3) is 0 Å². The van der Waals surface area contributed by atoms with E-state index in [0.29, 0.717) is 12.3 Å². The largest absolute Gasteiger partial charge is 0.461 e. The first-order valence-corrected chi connectivity index (χ1v) is 6.56. The fraction of sp³-hybridized carbons (Fsp3) is 0.235. The van der Waals surface area contributed by atoms with Crippen molar-refractivity contribution in [3.63, 3.8) is 0 Å². The summed E-state index contributed by atoms with van der Waals surface area (Å²) in [5.74, 6) is 5.90. The first kappa shape index (κ1) is 14.0. The lowest BCUT2D eigenvalue weighted by Crippen LogP contribution is -2.06. The monoisotopic (exact) mass is 267 g/mol. The minimum absolute atomic E-state index is 0.333. The van der Waals surface area contributed by atoms with Crippen molar-refractivity contribution in [1.82, 2.24) is 4.98 Å². The molecule has 0 aliphatic carbocycles. The van der Waals surface area contributed by atoms with Gasteiger partial charge in [0.15, 0.2) is 0 Å². The highest BCUT2D eigenvalue weighted by atomic mass is 16.5. The molecule has 1 heterocycles. The standard InChI is InChI=1S/C17H17NO2/c1-4-20-17(19)16-12(2)15(13(3)18-16)11-10-14-8-6-5-7-9-14/h5-9,18H,4H2,1-3H3. The molecule has 3 heteroatoms. The molecule has 2 rings (SSSR count). The highest BCUT2D eigenvalue weighted by Gasteiger charge is 2.16. The van der Waals surface area contributed by atoms with Gasteiger partial charge in [-0.05, 0) is 38.5 Å². The zero-order valence-corrected chi connectivity index (χ0v) is 11.9. The Morgan fingerprint density at radius 3 is 2.55 bits per heavy atom. The molecule has 0 bridgehead atoms. The molecule has 0 aliphatic heterocycles. The second-order valence-corrected chi connectivity index (χ2v) is 4.46. The van der Waals surface area contributed by atoms with Crippen molar-refractivity contribution < 1.29 is 9.53 Å². The third kappa shape index (κ3) is 2.92. The van der Waals surface area contributed by atoms with Crippen LogP contribution in [-0.4, -0.2) is 17.6 Å². The van der Waals surface area contributed by atoms with Crippen molar-refractivity contribution in [3.05, 3.63) is 58.4 Å². The van der Waals surface area contributed by atoms with Crippen LogP contribution in [0, 0.1) is 25.7 Å². The zero-order valence-electron chi connectivity index (χ0n) is 11.9. The molecule has 3 nitrogen and oxygen atoms in total. The SMILES string of the molecule is CCOC(=O)c1[nH]c(C)c(C#Cc2ccccc2)c1C. The zero-order chi connectivity index (χ0) is 14.5. The van der Waals surface area contributed by atoms with Gasteiger partial charge in [0.2, 0.25) is 0 Å². The van der Waals surface area contributed by atoms with Crippen molar-refractivity contribution in [2.24, 2.45) is 0 Å². The van der Waals surface area contributed by atoms with Gasteiger partial charge in [-0.15, -0.1) is 0 Å². The molecule has 1 aromatic carbocycles. The quantitative estimate of drug-likeness (QED) is 0.670. The summed E-state index contributed by atoms with van der Waals surface area (Å²) >= 11 is 0. The van der Waals surface area contributed by atoms with Gasteiger partial charge in [0.25, 0.3) is 0 Å². The Kier molecular flexibility index (Phi) is 4.27. The van der Waals surface area contributed by atoms with Crippen LogP contribution in [-0.2, 0) is 4.74 Å². The molecule has 1 aromatic heterocycles. The molecule has 0 fully saturated rings. The van der Waals surface area contributed by atoms with Crippen LogP contribution < -0.4 is 0 Å². The van der Waals surface area contributed by atoms with Crippen LogP contribution in [0.1, 0.15) is 39.8 Å². The molecule has 2 aromatic rings. The summed E-state index contributed by atoms with van der Waals surface area (Å²) in [5, 5.41) is 0. The number of benzene rings is 1. The summed E-state index contributed by atoms with van der Waals surface area (Å²) in [6.45, 7) is 5.94. The van der Waals surface area contributed by atoms with Gasteiger partial charge < -0.3 is 9.72 Å². The molecule has 0 spiro atoms. The highest BCUT2D eigenvalue weighted by Crippen LogP contribution is 2.17. The van der Waals surface area contributed by atoms with E-state index in [0.717, 1.165) is 22.4 Å². The second kappa shape index (κ2) is 6.12. The third-order valence-electron chi connectivity index (χ3n) is 3.02. The lowest BCUT2D eigenvalue weighted by atomic mass is 10.1. The number of nitrogens with one attached hydrogen (secondary N) is 1. The van der Waals surface area contributed by atoms with E-state index in [2.05, 4.69) is 16.8 Å². The van der Waals surface area contributed by atoms with Gasteiger partial charge in [-0.2, -0.15) is 0 Å². The van der Waals surface area contributed by atoms with E-state index in [1.54, 1.807) is 6.92 Å². The molecule has 0 aliphatic rings. The first-order chi connectivity index (χ1) is 9.63. The Hall–Kier alpha value is -2.47. The fourth-order valence-corrected chi connectivity index (χ4v) is 2.00. The number of H-pyrrole nitrogens is 1. The first-order valence-electron chi connectivity index (χ1n) is 6.56. The molecule has 0 amide bonds. The summed E-state index contributed by atoms with van der Waals surface area (Å²) < 4.78 is 5.02. The van der Waals surface area contributed by atoms with Gasteiger partial charge in [-0.3, -0.25) is 0 Å². The van der Waals surface area contributed by atoms with Crippen LogP contribution in [0.4, 0.5) is 0 Å². The van der Waals surface area contributed by atoms with Gasteiger partial charge in [-0.1, -0.05) is 30.0 Å². The molecule has 0 radical (unpaired) electrons. The minimum Gasteiger partial charge on any atom is -0.461 e. The van der Waals surface area contributed by atoms with Crippen molar-refractivity contribution in [3.8, 4) is 11.8 Å². The van der Waals surface area contributed by atoms with Gasteiger partial charge >= 0.3 is 5.97 Å². The number of hydrogen-bond acceptors (Lipinski definition) is 2. The van der Waals surface area contributed by atoms with E-state index in [1.807, 2.05) is 44.2 Å². The molecule has 0 unspecified atom stereocenters. The van der Waals surface area contributed by atoms with E-state index < -0.39 is 0 Å². The lowest BCUT2D eigenvalue weighted by molar-refractivity contribution is 0.0519. The molecular formula is C17H17NO2. The maximum Gasteiger partial charge on any atom is 0.355 e. The average molecular weight is 267 g/mol. The number of esters is 1. The molecule has 102 valence electrons. The summed E-state index contributed by atoms with van der Waals surface area (Å²) in [5.41, 5.74) is 4.02. The fourth-order valence-electron chi connectivity index (χ4n) is 2.00. The Bertz CT molecular complexity index is 672. The maximum absolute atomic E-state index is 11.8. The molecule has 1 N–H and O–H groups in total. The van der Waals surface area contributed by atoms with Gasteiger partial charge in [-0.25, -0.2) is 4.79 Å². The van der Waals surface area contributed by atoms with Crippen LogP contribution >= 0.6 is 0 Å². The molecule has 0 saturated heterocycles. The topological polar surface area (TPSA) is 42.1 Å². The van der Waals surface area contributed by atoms with Crippen molar-refractivity contribution >= 4 is 5.97 Å². The number of aromatic amines is 1. The average Bonchev–Trinajstić information content (AvgIpc) is 2.73. The van der Waals surface area contributed by atoms with Crippen molar-refractivity contribution in [2.45, 2.75) is 20.8 Å². The maximum atomic E-state index is 11.8. The number of carbonyl (C=O) groups is 1. The molecule has 20 heavy (non-hydrogen) atoms. The summed E-state index contributed by atoms with van der Waals surface area (Å²) in [6, 6.07) is 9.76. The predicted octanol–water partition coefficient (Wildman–Crippen LogP) is 3.21. The lowest BCUT2D eigenvalue weighted by Gasteiger charge is -1.99. The van der Waals surface area contributed by atoms with Gasteiger partial charge in [0, 0.05) is 16.8 Å². The second-order valence-electron chi connectivity index (χ2n) is 4.46. The van der Waals surface area contributed by atoms with Crippen molar-refractivity contribution in [1.29, 1.82) is 0 Å². The highest BCUT2D eigenvalue weighted by molar-refractivity contribution is 5.90. The van der Waals surface area contributed by atoms with Crippen LogP contribution in [0.5, 0.6) is 0 Å². The number of ether oxygens (including phenoxy) is 1. The number of carbonyl (C=O) groups excluding carboxylic acids is 1. The van der Waals surface area contributed by atoms with Crippen LogP contribution in [0.15, 0.2) is 30.3 Å². The van der Waals surface area contributed by atoms with Crippen LogP contribution in [0.3, 0.4) is 0 Å². The molecular weight excluding hydrogens is 250 g/mol. The number of rotatable bonds is 2. The summed E-state index contributed by atoms with van der Waals surface area (Å²) in [6.07, 6.45) is 0. The Morgan fingerprint density at radius 1 is 1.20 bits per heavy atom. The Balaban J connectivity index is 2.35. The predicted molar refractivity (Wildman–Crippen MR) is 78.6 cm³/mol. The van der Waals surface area contributed by atoms with E-state index >= 15 is 0 Å². The Labute approximate surface area is 119 Å². The van der Waals surface area contributed by atoms with Gasteiger partial charge in [0.1, 0.15) is 5.69 Å². The van der Waals surface area contributed by atoms with Crippen molar-refractivity contribution in [2.75, 3.05) is 6.61 Å². The molecule has 0 atom stereocenters. The van der Waals surface area contributed by atoms with Crippen LogP contribution in [0.2, 0.25) is 0 Å². The molecule has 0 saturated carbocycles. The van der Waals surface area contributed by atoms with E-state index in [4.69, 9.17) is 4.74 Å². The number of hydrogen-bond donors (Lipinski definition) is 1. The number of aromatic nitrogens is 1. The number of aryl methyl sites for hydroxylation is 1.